The molecule has 0 amide bonds. The number of unbranched alkanes of at least 4 members (excludes halogenated alkanes) is 1. The average molecular weight is 337 g/mol. The topological polar surface area (TPSA) is 8.81 Å². The molecule has 0 N–H and O–H groups in total. The van der Waals surface area contributed by atoms with Gasteiger partial charge in [0, 0.05) is 0 Å². The first-order chi connectivity index (χ1) is 8.46. The number of imidazole rings is 1. The molecule has 0 spiro atoms. The number of benzene rings is 1. The zero-order valence-corrected chi connectivity index (χ0v) is 12.4. The van der Waals surface area contributed by atoms with E-state index in [4.69, 9.17) is 0 Å². The number of nitrogens with zero attached hydrogens (tertiary/aromatic N) is 2. The van der Waals surface area contributed by atoms with Crippen LogP contribution in [0.5, 0.6) is 0 Å². The summed E-state index contributed by atoms with van der Waals surface area (Å²) in [7, 11) is 1.47. The van der Waals surface area contributed by atoms with Crippen molar-refractivity contribution in [2.45, 2.75) is 32.5 Å². The smallest absolute Gasteiger partial charge is 0.495 e. The van der Waals surface area contributed by atoms with Gasteiger partial charge in [-0.25, -0.2) is 9.13 Å². The van der Waals surface area contributed by atoms with Gasteiger partial charge in [-0.1, -0.05) is 25.5 Å². The fourth-order valence-corrected chi connectivity index (χ4v) is 2.27. The Kier molecular flexibility index (Phi) is 5.01. The summed E-state index contributed by atoms with van der Waals surface area (Å²) in [5.41, 5.74) is 1.25. The van der Waals surface area contributed by atoms with E-state index >= 15 is 0 Å². The van der Waals surface area contributed by atoms with E-state index < -0.39 is 12.0 Å². The van der Waals surface area contributed by atoms with Crippen LogP contribution < -0.4 is 21.5 Å². The molecule has 2 nitrogen and oxygen atoms in total. The lowest BCUT2D eigenvalue weighted by Gasteiger charge is -2.05. The molecular formula is C13H16BrF3N2. The van der Waals surface area contributed by atoms with E-state index in [1.807, 2.05) is 6.92 Å². The van der Waals surface area contributed by atoms with Gasteiger partial charge in [-0.15, -0.1) is 0 Å². The van der Waals surface area contributed by atoms with Crippen LogP contribution in [0.25, 0.3) is 11.0 Å². The minimum atomic E-state index is -4.33. The predicted octanol–water partition coefficient (Wildman–Crippen LogP) is 0.289. The molecule has 0 aliphatic rings. The van der Waals surface area contributed by atoms with Crippen molar-refractivity contribution in [3.8, 4) is 0 Å². The molecule has 0 aliphatic heterocycles. The van der Waals surface area contributed by atoms with Gasteiger partial charge in [0.2, 0.25) is 0 Å². The van der Waals surface area contributed by atoms with E-state index in [0.29, 0.717) is 17.6 Å². The first-order valence-corrected chi connectivity index (χ1v) is 6.01. The predicted molar refractivity (Wildman–Crippen MR) is 63.0 cm³/mol. The lowest BCUT2D eigenvalue weighted by Crippen LogP contribution is -3.00. The number of aromatic nitrogens is 2. The Labute approximate surface area is 120 Å². The van der Waals surface area contributed by atoms with Crippen molar-refractivity contribution < 1.29 is 34.7 Å². The van der Waals surface area contributed by atoms with Gasteiger partial charge in [-0.05, 0) is 18.6 Å². The number of fused-ring (bicyclic) bond motifs is 1. The van der Waals surface area contributed by atoms with Crippen LogP contribution in [0.1, 0.15) is 25.6 Å². The number of rotatable bonds is 3. The summed E-state index contributed by atoms with van der Waals surface area (Å²) in [5.74, 6) is -0.586. The Morgan fingerprint density at radius 2 is 1.84 bits per heavy atom. The van der Waals surface area contributed by atoms with Gasteiger partial charge < -0.3 is 17.0 Å². The monoisotopic (exact) mass is 336 g/mol. The lowest BCUT2D eigenvalue weighted by atomic mass is 10.3. The third kappa shape index (κ3) is 2.94. The molecule has 2 rings (SSSR count). The molecule has 19 heavy (non-hydrogen) atoms. The molecule has 0 saturated carbocycles. The van der Waals surface area contributed by atoms with E-state index in [-0.39, 0.29) is 17.0 Å². The highest BCUT2D eigenvalue weighted by Gasteiger charge is 2.45. The van der Waals surface area contributed by atoms with Gasteiger partial charge in [-0.2, -0.15) is 13.2 Å². The van der Waals surface area contributed by atoms with E-state index in [2.05, 4.69) is 0 Å². The number of hydrogen-bond donors (Lipinski definition) is 0. The molecule has 0 saturated heterocycles. The molecule has 1 aromatic carbocycles. The van der Waals surface area contributed by atoms with E-state index in [9.17, 15) is 13.2 Å². The highest BCUT2D eigenvalue weighted by molar-refractivity contribution is 5.72. The molecule has 1 aromatic heterocycles. The lowest BCUT2D eigenvalue weighted by molar-refractivity contribution is -0.667. The summed E-state index contributed by atoms with van der Waals surface area (Å²) >= 11 is 0. The number of halogens is 4. The zero-order valence-electron chi connectivity index (χ0n) is 10.8. The molecule has 0 fully saturated rings. The largest absolute Gasteiger partial charge is 1.00 e. The minimum Gasteiger partial charge on any atom is -1.00 e. The Hall–Kier alpha value is -1.04. The minimum absolute atomic E-state index is 0. The summed E-state index contributed by atoms with van der Waals surface area (Å²) in [6, 6.07) is 6.98. The SMILES string of the molecule is CCCCn1c(C(F)(F)F)[n+](C)c2ccccc21.[Br-]. The van der Waals surface area contributed by atoms with E-state index in [1.165, 1.54) is 16.2 Å². The molecule has 0 radical (unpaired) electrons. The van der Waals surface area contributed by atoms with Crippen LogP contribution in [0.3, 0.4) is 0 Å². The van der Waals surface area contributed by atoms with E-state index in [1.54, 1.807) is 24.3 Å². The highest BCUT2D eigenvalue weighted by atomic mass is 79.9. The van der Waals surface area contributed by atoms with Crippen molar-refractivity contribution in [2.24, 2.45) is 7.05 Å². The molecule has 0 unspecified atom stereocenters. The molecule has 0 bridgehead atoms. The van der Waals surface area contributed by atoms with Crippen LogP contribution in [0.15, 0.2) is 24.3 Å². The number of hydrogen-bond acceptors (Lipinski definition) is 0. The van der Waals surface area contributed by atoms with Crippen molar-refractivity contribution in [3.05, 3.63) is 30.1 Å². The van der Waals surface area contributed by atoms with Crippen molar-refractivity contribution in [1.82, 2.24) is 4.57 Å². The van der Waals surface area contributed by atoms with Crippen LogP contribution in [-0.2, 0) is 19.8 Å². The standard InChI is InChI=1S/C13H16F3N2.BrH/c1-3-4-9-18-11-8-6-5-7-10(11)17(2)12(18)13(14,15)16;/h5-8H,3-4,9H2,1-2H3;1H/q+1;/p-1. The van der Waals surface area contributed by atoms with Crippen LogP contribution >= 0.6 is 0 Å². The summed E-state index contributed by atoms with van der Waals surface area (Å²) in [5, 5.41) is 0. The second-order valence-corrected chi connectivity index (χ2v) is 4.37. The number of alkyl halides is 3. The Morgan fingerprint density at radius 3 is 2.42 bits per heavy atom. The third-order valence-electron chi connectivity index (χ3n) is 3.10. The van der Waals surface area contributed by atoms with Crippen molar-refractivity contribution >= 4 is 11.0 Å². The molecule has 106 valence electrons. The zero-order chi connectivity index (χ0) is 13.3. The normalized spacial score (nSPS) is 11.6. The summed E-state index contributed by atoms with van der Waals surface area (Å²) in [6.07, 6.45) is -2.73. The maximum Gasteiger partial charge on any atom is 0.495 e. The quantitative estimate of drug-likeness (QED) is 0.712. The molecular weight excluding hydrogens is 321 g/mol. The number of aryl methyl sites for hydroxylation is 2. The van der Waals surface area contributed by atoms with Crippen LogP contribution in [0.4, 0.5) is 13.2 Å². The van der Waals surface area contributed by atoms with Gasteiger partial charge in [-0.3, -0.25) is 0 Å². The van der Waals surface area contributed by atoms with Crippen LogP contribution in [0.2, 0.25) is 0 Å². The molecule has 1 heterocycles. The fraction of sp³-hybridized carbons (Fsp3) is 0.462. The van der Waals surface area contributed by atoms with Crippen molar-refractivity contribution in [1.29, 1.82) is 0 Å². The molecule has 0 atom stereocenters. The summed E-state index contributed by atoms with van der Waals surface area (Å²) in [6.45, 7) is 2.37. The highest BCUT2D eigenvalue weighted by Crippen LogP contribution is 2.30. The first kappa shape index (κ1) is 16.0. The average Bonchev–Trinajstić information content (AvgIpc) is 2.60. The fourth-order valence-electron chi connectivity index (χ4n) is 2.27. The second-order valence-electron chi connectivity index (χ2n) is 4.37. The Balaban J connectivity index is 0.00000180. The summed E-state index contributed by atoms with van der Waals surface area (Å²) < 4.78 is 42.0. The van der Waals surface area contributed by atoms with E-state index in [0.717, 1.165) is 12.8 Å². The van der Waals surface area contributed by atoms with Crippen LogP contribution in [0, 0.1) is 0 Å². The summed E-state index contributed by atoms with van der Waals surface area (Å²) in [4.78, 5) is 0. The number of para-hydroxylation sites is 2. The van der Waals surface area contributed by atoms with Crippen LogP contribution in [-0.4, -0.2) is 4.57 Å². The van der Waals surface area contributed by atoms with Gasteiger partial charge in [0.15, 0.2) is 11.0 Å². The second kappa shape index (κ2) is 5.94. The maximum absolute atomic E-state index is 13.1. The molecule has 6 heteroatoms. The maximum atomic E-state index is 13.1. The molecule has 0 aliphatic carbocycles. The van der Waals surface area contributed by atoms with Gasteiger partial charge in [0.1, 0.15) is 0 Å². The Morgan fingerprint density at radius 1 is 1.21 bits per heavy atom. The third-order valence-corrected chi connectivity index (χ3v) is 3.10. The van der Waals surface area contributed by atoms with Gasteiger partial charge in [0.25, 0.3) is 0 Å². The van der Waals surface area contributed by atoms with Gasteiger partial charge in [0.05, 0.1) is 13.6 Å². The molecule has 2 aromatic rings. The van der Waals surface area contributed by atoms with Gasteiger partial charge >= 0.3 is 12.0 Å². The first-order valence-electron chi connectivity index (χ1n) is 6.01. The van der Waals surface area contributed by atoms with Crippen molar-refractivity contribution in [3.63, 3.8) is 0 Å². The Bertz CT molecular complexity index is 561. The van der Waals surface area contributed by atoms with Crippen molar-refractivity contribution in [2.75, 3.05) is 0 Å².